The lowest BCUT2D eigenvalue weighted by Crippen LogP contribution is -2.02. The van der Waals surface area contributed by atoms with Gasteiger partial charge in [-0.3, -0.25) is 4.79 Å². The second-order valence-corrected chi connectivity index (χ2v) is 5.99. The van der Waals surface area contributed by atoms with Gasteiger partial charge >= 0.3 is 0 Å². The minimum Gasteiger partial charge on any atom is -0.508 e. The Bertz CT molecular complexity index is 806. The highest BCUT2D eigenvalue weighted by atomic mass is 32.1. The van der Waals surface area contributed by atoms with Gasteiger partial charge in [0.15, 0.2) is 5.78 Å². The molecule has 0 saturated carbocycles. The lowest BCUT2D eigenvalue weighted by Gasteiger charge is -2.01. The van der Waals surface area contributed by atoms with Gasteiger partial charge in [-0.05, 0) is 53.6 Å². The Labute approximate surface area is 131 Å². The number of thiophene rings is 1. The van der Waals surface area contributed by atoms with Crippen LogP contribution in [-0.4, -0.2) is 10.9 Å². The van der Waals surface area contributed by atoms with Gasteiger partial charge in [-0.2, -0.15) is 0 Å². The smallest absolute Gasteiger partial charge is 0.177 e. The molecule has 3 aromatic rings. The molecule has 0 aliphatic rings. The number of ketones is 1. The van der Waals surface area contributed by atoms with E-state index in [1.807, 2.05) is 6.07 Å². The predicted octanol–water partition coefficient (Wildman–Crippen LogP) is 4.69. The monoisotopic (exact) mass is 312 g/mol. The summed E-state index contributed by atoms with van der Waals surface area (Å²) >= 11 is 1.37. The van der Waals surface area contributed by atoms with Crippen molar-refractivity contribution >= 4 is 17.1 Å². The molecule has 0 atom stereocenters. The third-order valence-corrected chi connectivity index (χ3v) is 4.52. The molecule has 0 aliphatic carbocycles. The van der Waals surface area contributed by atoms with Crippen LogP contribution in [0.1, 0.15) is 15.2 Å². The van der Waals surface area contributed by atoms with Gasteiger partial charge in [0.25, 0.3) is 0 Å². The average molecular weight is 312 g/mol. The normalized spacial score (nSPS) is 10.6. The second kappa shape index (κ2) is 6.12. The van der Waals surface area contributed by atoms with Crippen molar-refractivity contribution in [1.82, 2.24) is 0 Å². The van der Waals surface area contributed by atoms with E-state index in [1.165, 1.54) is 17.4 Å². The number of phenolic OH excluding ortho intramolecular Hbond substituents is 1. The highest BCUT2D eigenvalue weighted by Gasteiger charge is 2.13. The van der Waals surface area contributed by atoms with E-state index in [4.69, 9.17) is 0 Å². The molecule has 0 unspecified atom stereocenters. The first kappa shape index (κ1) is 14.5. The van der Waals surface area contributed by atoms with Gasteiger partial charge < -0.3 is 5.11 Å². The summed E-state index contributed by atoms with van der Waals surface area (Å²) in [7, 11) is 0. The summed E-state index contributed by atoms with van der Waals surface area (Å²) in [4.78, 5) is 13.8. The highest BCUT2D eigenvalue weighted by Crippen LogP contribution is 2.30. The van der Waals surface area contributed by atoms with Crippen LogP contribution in [0.3, 0.4) is 0 Å². The van der Waals surface area contributed by atoms with E-state index in [0.717, 1.165) is 10.4 Å². The van der Waals surface area contributed by atoms with E-state index in [0.29, 0.717) is 10.4 Å². The quantitative estimate of drug-likeness (QED) is 0.710. The SMILES string of the molecule is O=C(Cc1ccccc1F)c1ccc(-c2ccc(O)cc2)s1. The number of phenols is 1. The van der Waals surface area contributed by atoms with Gasteiger partial charge in [0.05, 0.1) is 4.88 Å². The Morgan fingerprint density at radius 2 is 1.73 bits per heavy atom. The molecule has 1 heterocycles. The lowest BCUT2D eigenvalue weighted by molar-refractivity contribution is 0.0995. The van der Waals surface area contributed by atoms with Crippen LogP contribution in [0.25, 0.3) is 10.4 Å². The van der Waals surface area contributed by atoms with Gasteiger partial charge in [0.1, 0.15) is 11.6 Å². The molecule has 0 bridgehead atoms. The number of hydrogen-bond acceptors (Lipinski definition) is 3. The fraction of sp³-hybridized carbons (Fsp3) is 0.0556. The molecule has 0 aliphatic heterocycles. The summed E-state index contributed by atoms with van der Waals surface area (Å²) in [6.07, 6.45) is 0.0577. The first-order valence-corrected chi connectivity index (χ1v) is 7.61. The van der Waals surface area contributed by atoms with E-state index >= 15 is 0 Å². The number of carbonyl (C=O) groups excluding carboxylic acids is 1. The predicted molar refractivity (Wildman–Crippen MR) is 85.9 cm³/mol. The number of Topliss-reactive ketones (excluding diaryl/α,β-unsaturated/α-hetero) is 1. The molecule has 1 N–H and O–H groups in total. The molecule has 0 saturated heterocycles. The van der Waals surface area contributed by atoms with Crippen LogP contribution < -0.4 is 0 Å². The summed E-state index contributed by atoms with van der Waals surface area (Å²) in [5.41, 5.74) is 1.35. The van der Waals surface area contributed by atoms with E-state index in [9.17, 15) is 14.3 Å². The maximum Gasteiger partial charge on any atom is 0.177 e. The van der Waals surface area contributed by atoms with Crippen molar-refractivity contribution in [3.8, 4) is 16.2 Å². The molecule has 2 nitrogen and oxygen atoms in total. The molecule has 3 rings (SSSR count). The van der Waals surface area contributed by atoms with Crippen LogP contribution in [0.15, 0.2) is 60.7 Å². The van der Waals surface area contributed by atoms with Crippen molar-refractivity contribution in [3.05, 3.63) is 76.9 Å². The van der Waals surface area contributed by atoms with Crippen molar-refractivity contribution in [3.63, 3.8) is 0 Å². The first-order valence-electron chi connectivity index (χ1n) is 6.79. The number of hydrogen-bond donors (Lipinski definition) is 1. The van der Waals surface area contributed by atoms with Crippen LogP contribution in [0, 0.1) is 5.82 Å². The zero-order valence-corrected chi connectivity index (χ0v) is 12.4. The summed E-state index contributed by atoms with van der Waals surface area (Å²) in [6.45, 7) is 0. The third kappa shape index (κ3) is 3.07. The van der Waals surface area contributed by atoms with Crippen molar-refractivity contribution in [2.24, 2.45) is 0 Å². The Hall–Kier alpha value is -2.46. The molecular weight excluding hydrogens is 299 g/mol. The van der Waals surface area contributed by atoms with E-state index < -0.39 is 0 Å². The second-order valence-electron chi connectivity index (χ2n) is 4.90. The van der Waals surface area contributed by atoms with Crippen LogP contribution in [0.2, 0.25) is 0 Å². The molecule has 22 heavy (non-hydrogen) atoms. The Kier molecular flexibility index (Phi) is 4.02. The summed E-state index contributed by atoms with van der Waals surface area (Å²) in [5.74, 6) is -0.248. The number of benzene rings is 2. The molecule has 0 amide bonds. The third-order valence-electron chi connectivity index (χ3n) is 3.34. The highest BCUT2D eigenvalue weighted by molar-refractivity contribution is 7.17. The van der Waals surface area contributed by atoms with Gasteiger partial charge in [-0.1, -0.05) is 18.2 Å². The van der Waals surface area contributed by atoms with Crippen LogP contribution >= 0.6 is 11.3 Å². The van der Waals surface area contributed by atoms with E-state index in [1.54, 1.807) is 48.5 Å². The number of halogens is 1. The minimum atomic E-state index is -0.355. The van der Waals surface area contributed by atoms with Crippen LogP contribution in [0.4, 0.5) is 4.39 Å². The molecule has 0 radical (unpaired) electrons. The fourth-order valence-corrected chi connectivity index (χ4v) is 3.12. The van der Waals surface area contributed by atoms with Crippen molar-refractivity contribution in [2.45, 2.75) is 6.42 Å². The Balaban J connectivity index is 1.80. The molecule has 110 valence electrons. The average Bonchev–Trinajstić information content (AvgIpc) is 3.00. The zero-order valence-electron chi connectivity index (χ0n) is 11.6. The van der Waals surface area contributed by atoms with Gasteiger partial charge in [-0.15, -0.1) is 11.3 Å². The van der Waals surface area contributed by atoms with Crippen LogP contribution in [0.5, 0.6) is 5.75 Å². The van der Waals surface area contributed by atoms with Gasteiger partial charge in [-0.25, -0.2) is 4.39 Å². The Morgan fingerprint density at radius 3 is 2.45 bits per heavy atom. The van der Waals surface area contributed by atoms with Crippen LogP contribution in [-0.2, 0) is 6.42 Å². The maximum absolute atomic E-state index is 13.6. The number of aromatic hydroxyl groups is 1. The molecular formula is C18H13FO2S. The lowest BCUT2D eigenvalue weighted by atomic mass is 10.1. The zero-order chi connectivity index (χ0) is 15.5. The van der Waals surface area contributed by atoms with E-state index in [2.05, 4.69) is 0 Å². The topological polar surface area (TPSA) is 37.3 Å². The van der Waals surface area contributed by atoms with Gasteiger partial charge in [0, 0.05) is 11.3 Å². The molecule has 2 aromatic carbocycles. The molecule has 1 aromatic heterocycles. The molecule has 0 spiro atoms. The fourth-order valence-electron chi connectivity index (χ4n) is 2.17. The summed E-state index contributed by atoms with van der Waals surface area (Å²) in [5, 5.41) is 9.30. The van der Waals surface area contributed by atoms with Crippen molar-refractivity contribution < 1.29 is 14.3 Å². The van der Waals surface area contributed by atoms with Crippen molar-refractivity contribution in [1.29, 1.82) is 0 Å². The summed E-state index contributed by atoms with van der Waals surface area (Å²) < 4.78 is 13.6. The molecule has 0 fully saturated rings. The summed E-state index contributed by atoms with van der Waals surface area (Å²) in [6, 6.07) is 16.8. The molecule has 4 heteroatoms. The number of rotatable bonds is 4. The first-order chi connectivity index (χ1) is 10.6. The van der Waals surface area contributed by atoms with E-state index in [-0.39, 0.29) is 23.8 Å². The van der Waals surface area contributed by atoms with Gasteiger partial charge in [0.2, 0.25) is 0 Å². The minimum absolute atomic E-state index is 0.0577. The number of carbonyl (C=O) groups is 1. The largest absolute Gasteiger partial charge is 0.508 e. The maximum atomic E-state index is 13.6. The van der Waals surface area contributed by atoms with Crippen molar-refractivity contribution in [2.75, 3.05) is 0 Å². The standard InChI is InChI=1S/C18H13FO2S/c19-15-4-2-1-3-13(15)11-16(21)18-10-9-17(22-18)12-5-7-14(20)8-6-12/h1-10,20H,11H2. The Morgan fingerprint density at radius 1 is 1.00 bits per heavy atom.